The van der Waals surface area contributed by atoms with E-state index in [1.165, 1.54) is 0 Å². The molecule has 0 bridgehead atoms. The molecular weight excluding hydrogens is 226 g/mol. The van der Waals surface area contributed by atoms with E-state index in [0.717, 1.165) is 41.9 Å². The number of benzene rings is 1. The van der Waals surface area contributed by atoms with Gasteiger partial charge in [0.1, 0.15) is 0 Å². The lowest BCUT2D eigenvalue weighted by Crippen LogP contribution is -2.39. The van der Waals surface area contributed by atoms with Crippen LogP contribution in [-0.2, 0) is 0 Å². The van der Waals surface area contributed by atoms with E-state index in [4.69, 9.17) is 0 Å². The summed E-state index contributed by atoms with van der Waals surface area (Å²) in [6, 6.07) is 7.90. The highest BCUT2D eigenvalue weighted by Crippen LogP contribution is 2.23. The molecule has 94 valence electrons. The first-order valence-corrected chi connectivity index (χ1v) is 6.40. The molecule has 1 fully saturated rings. The van der Waals surface area contributed by atoms with Gasteiger partial charge in [-0.1, -0.05) is 12.1 Å². The molecule has 3 rings (SSSR count). The van der Waals surface area contributed by atoms with Crippen LogP contribution in [0.15, 0.2) is 24.3 Å². The number of anilines is 1. The maximum absolute atomic E-state index is 9.76. The van der Waals surface area contributed by atoms with Crippen LogP contribution >= 0.6 is 0 Å². The summed E-state index contributed by atoms with van der Waals surface area (Å²) in [4.78, 5) is 11.4. The fourth-order valence-electron chi connectivity index (χ4n) is 2.53. The third-order valence-corrected chi connectivity index (χ3v) is 3.42. The van der Waals surface area contributed by atoms with Crippen LogP contribution < -0.4 is 4.90 Å². The summed E-state index contributed by atoms with van der Waals surface area (Å²) >= 11 is 0. The van der Waals surface area contributed by atoms with Gasteiger partial charge in [0.15, 0.2) is 5.82 Å². The molecule has 0 spiro atoms. The highest BCUT2D eigenvalue weighted by Gasteiger charge is 2.21. The summed E-state index contributed by atoms with van der Waals surface area (Å²) in [5, 5.41) is 9.76. The molecule has 1 aromatic heterocycles. The van der Waals surface area contributed by atoms with Crippen molar-refractivity contribution in [3.8, 4) is 0 Å². The molecule has 1 N–H and O–H groups in total. The summed E-state index contributed by atoms with van der Waals surface area (Å²) in [5.41, 5.74) is 2.78. The number of rotatable bonds is 1. The second-order valence-corrected chi connectivity index (χ2v) is 4.86. The number of hydrogen-bond acceptors (Lipinski definition) is 4. The van der Waals surface area contributed by atoms with Crippen LogP contribution in [0.1, 0.15) is 18.5 Å². The van der Waals surface area contributed by atoms with Gasteiger partial charge in [0, 0.05) is 13.1 Å². The van der Waals surface area contributed by atoms with Gasteiger partial charge in [-0.05, 0) is 31.9 Å². The first-order chi connectivity index (χ1) is 8.74. The lowest BCUT2D eigenvalue weighted by molar-refractivity contribution is 0.154. The summed E-state index contributed by atoms with van der Waals surface area (Å²) in [7, 11) is 0. The molecular formula is C14H17N3O. The summed E-state index contributed by atoms with van der Waals surface area (Å²) in [6.07, 6.45) is 1.65. The summed E-state index contributed by atoms with van der Waals surface area (Å²) in [5.74, 6) is 0.910. The van der Waals surface area contributed by atoms with Crippen molar-refractivity contribution in [1.82, 2.24) is 9.97 Å². The SMILES string of the molecule is Cc1nc2ccccc2nc1N1CCCC(O)C1. The molecule has 1 saturated heterocycles. The minimum Gasteiger partial charge on any atom is -0.391 e. The molecule has 1 aliphatic heterocycles. The quantitative estimate of drug-likeness (QED) is 0.831. The standard InChI is InChI=1S/C14H17N3O/c1-10-14(17-8-4-5-11(18)9-17)16-13-7-3-2-6-12(13)15-10/h2-3,6-7,11,18H,4-5,8-9H2,1H3. The zero-order valence-electron chi connectivity index (χ0n) is 10.5. The number of aryl methyl sites for hydroxylation is 1. The smallest absolute Gasteiger partial charge is 0.150 e. The largest absolute Gasteiger partial charge is 0.391 e. The number of piperidine rings is 1. The third-order valence-electron chi connectivity index (χ3n) is 3.42. The van der Waals surface area contributed by atoms with E-state index in [2.05, 4.69) is 14.9 Å². The topological polar surface area (TPSA) is 49.2 Å². The van der Waals surface area contributed by atoms with Gasteiger partial charge in [0.05, 0.1) is 22.8 Å². The van der Waals surface area contributed by atoms with Crippen molar-refractivity contribution in [2.45, 2.75) is 25.9 Å². The Bertz CT molecular complexity index is 570. The van der Waals surface area contributed by atoms with Crippen LogP contribution in [-0.4, -0.2) is 34.3 Å². The molecule has 0 amide bonds. The van der Waals surface area contributed by atoms with Crippen molar-refractivity contribution < 1.29 is 5.11 Å². The molecule has 0 radical (unpaired) electrons. The molecule has 2 aromatic rings. The van der Waals surface area contributed by atoms with Crippen molar-refractivity contribution in [2.75, 3.05) is 18.0 Å². The zero-order valence-corrected chi connectivity index (χ0v) is 10.5. The molecule has 1 unspecified atom stereocenters. The van der Waals surface area contributed by atoms with Crippen molar-refractivity contribution in [2.24, 2.45) is 0 Å². The predicted octanol–water partition coefficient (Wildman–Crippen LogP) is 1.90. The molecule has 1 aromatic carbocycles. The number of aliphatic hydroxyl groups excluding tert-OH is 1. The van der Waals surface area contributed by atoms with Crippen LogP contribution in [0.2, 0.25) is 0 Å². The van der Waals surface area contributed by atoms with Gasteiger partial charge in [-0.15, -0.1) is 0 Å². The Morgan fingerprint density at radius 2 is 1.94 bits per heavy atom. The lowest BCUT2D eigenvalue weighted by Gasteiger charge is -2.31. The molecule has 1 aliphatic rings. The summed E-state index contributed by atoms with van der Waals surface area (Å²) < 4.78 is 0. The predicted molar refractivity (Wildman–Crippen MR) is 71.7 cm³/mol. The first kappa shape index (κ1) is 11.4. The van der Waals surface area contributed by atoms with E-state index in [1.54, 1.807) is 0 Å². The maximum Gasteiger partial charge on any atom is 0.150 e. The monoisotopic (exact) mass is 243 g/mol. The number of β-amino-alcohol motifs (C(OH)–C–C–N with tert-alkyl or cyclic N) is 1. The Morgan fingerprint density at radius 1 is 1.22 bits per heavy atom. The normalized spacial score (nSPS) is 20.3. The van der Waals surface area contributed by atoms with Gasteiger partial charge < -0.3 is 10.0 Å². The Labute approximate surface area is 106 Å². The molecule has 0 saturated carbocycles. The minimum atomic E-state index is -0.244. The van der Waals surface area contributed by atoms with Gasteiger partial charge in [-0.3, -0.25) is 0 Å². The lowest BCUT2D eigenvalue weighted by atomic mass is 10.1. The summed E-state index contributed by atoms with van der Waals surface area (Å²) in [6.45, 7) is 3.59. The number of aromatic nitrogens is 2. The van der Waals surface area contributed by atoms with E-state index in [9.17, 15) is 5.11 Å². The van der Waals surface area contributed by atoms with Crippen LogP contribution in [0.5, 0.6) is 0 Å². The number of nitrogens with zero attached hydrogens (tertiary/aromatic N) is 3. The van der Waals surface area contributed by atoms with Gasteiger partial charge >= 0.3 is 0 Å². The maximum atomic E-state index is 9.76. The van der Waals surface area contributed by atoms with Crippen molar-refractivity contribution >= 4 is 16.9 Å². The van der Waals surface area contributed by atoms with E-state index >= 15 is 0 Å². The second-order valence-electron chi connectivity index (χ2n) is 4.86. The van der Waals surface area contributed by atoms with Crippen LogP contribution in [0, 0.1) is 6.92 Å². The van der Waals surface area contributed by atoms with Gasteiger partial charge in [0.2, 0.25) is 0 Å². The Morgan fingerprint density at radius 3 is 2.67 bits per heavy atom. The minimum absolute atomic E-state index is 0.244. The molecule has 18 heavy (non-hydrogen) atoms. The highest BCUT2D eigenvalue weighted by atomic mass is 16.3. The van der Waals surface area contributed by atoms with Crippen LogP contribution in [0.3, 0.4) is 0 Å². The molecule has 0 aliphatic carbocycles. The van der Waals surface area contributed by atoms with E-state index < -0.39 is 0 Å². The van der Waals surface area contributed by atoms with Crippen molar-refractivity contribution in [3.63, 3.8) is 0 Å². The first-order valence-electron chi connectivity index (χ1n) is 6.40. The Hall–Kier alpha value is -1.68. The fraction of sp³-hybridized carbons (Fsp3) is 0.429. The van der Waals surface area contributed by atoms with Crippen molar-refractivity contribution in [1.29, 1.82) is 0 Å². The molecule has 1 atom stereocenters. The number of hydrogen-bond donors (Lipinski definition) is 1. The van der Waals surface area contributed by atoms with E-state index in [0.29, 0.717) is 6.54 Å². The molecule has 4 heteroatoms. The zero-order chi connectivity index (χ0) is 12.5. The van der Waals surface area contributed by atoms with E-state index in [1.807, 2.05) is 31.2 Å². The molecule has 2 heterocycles. The fourth-order valence-corrected chi connectivity index (χ4v) is 2.53. The Balaban J connectivity index is 2.02. The average Bonchev–Trinajstić information content (AvgIpc) is 2.38. The third kappa shape index (κ3) is 2.04. The van der Waals surface area contributed by atoms with Crippen molar-refractivity contribution in [3.05, 3.63) is 30.0 Å². The van der Waals surface area contributed by atoms with Gasteiger partial charge in [-0.25, -0.2) is 9.97 Å². The second kappa shape index (κ2) is 4.53. The van der Waals surface area contributed by atoms with E-state index in [-0.39, 0.29) is 6.10 Å². The Kier molecular flexibility index (Phi) is 2.88. The highest BCUT2D eigenvalue weighted by molar-refractivity contribution is 5.76. The van der Waals surface area contributed by atoms with Gasteiger partial charge in [0.25, 0.3) is 0 Å². The number of aliphatic hydroxyl groups is 1. The molecule has 4 nitrogen and oxygen atoms in total. The van der Waals surface area contributed by atoms with Gasteiger partial charge in [-0.2, -0.15) is 0 Å². The average molecular weight is 243 g/mol. The number of fused-ring (bicyclic) bond motifs is 1. The van der Waals surface area contributed by atoms with Crippen LogP contribution in [0.25, 0.3) is 11.0 Å². The van der Waals surface area contributed by atoms with Crippen LogP contribution in [0.4, 0.5) is 5.82 Å². The number of para-hydroxylation sites is 2.